The van der Waals surface area contributed by atoms with E-state index in [9.17, 15) is 5.11 Å². The average Bonchev–Trinajstić information content (AvgIpc) is 2.90. The van der Waals surface area contributed by atoms with Crippen molar-refractivity contribution >= 4 is 0 Å². The van der Waals surface area contributed by atoms with Crippen LogP contribution in [0.15, 0.2) is 78.9 Å². The zero-order valence-corrected chi connectivity index (χ0v) is 20.3. The highest BCUT2D eigenvalue weighted by Gasteiger charge is 2.39. The minimum atomic E-state index is -0.462. The summed E-state index contributed by atoms with van der Waals surface area (Å²) in [7, 11) is 2.15. The Balaban J connectivity index is 1.59. The van der Waals surface area contributed by atoms with Crippen molar-refractivity contribution in [1.29, 1.82) is 0 Å². The normalized spacial score (nSPS) is 23.7. The molecule has 0 unspecified atom stereocenters. The Morgan fingerprint density at radius 2 is 1.50 bits per heavy atom. The number of benzene rings is 3. The van der Waals surface area contributed by atoms with E-state index < -0.39 is 6.29 Å². The Bertz CT molecular complexity index is 1020. The van der Waals surface area contributed by atoms with E-state index in [-0.39, 0.29) is 30.8 Å². The first-order valence-corrected chi connectivity index (χ1v) is 12.0. The molecule has 1 fully saturated rings. The molecular formula is C29H36N2O3. The summed E-state index contributed by atoms with van der Waals surface area (Å²) in [6, 6.07) is 27.0. The monoisotopic (exact) mass is 460 g/mol. The van der Waals surface area contributed by atoms with Crippen molar-refractivity contribution in [2.75, 3.05) is 13.6 Å². The third-order valence-corrected chi connectivity index (χ3v) is 7.02. The van der Waals surface area contributed by atoms with Gasteiger partial charge >= 0.3 is 0 Å². The van der Waals surface area contributed by atoms with Crippen LogP contribution in [-0.2, 0) is 22.6 Å². The van der Waals surface area contributed by atoms with Crippen LogP contribution in [0, 0.1) is 5.92 Å². The molecule has 0 bridgehead atoms. The summed E-state index contributed by atoms with van der Waals surface area (Å²) in [5.41, 5.74) is 11.1. The Hall–Kier alpha value is -2.54. The molecule has 0 spiro atoms. The van der Waals surface area contributed by atoms with E-state index in [2.05, 4.69) is 62.2 Å². The predicted octanol–water partition coefficient (Wildman–Crippen LogP) is 5.12. The van der Waals surface area contributed by atoms with Gasteiger partial charge in [0.15, 0.2) is 6.29 Å². The summed E-state index contributed by atoms with van der Waals surface area (Å²) < 4.78 is 13.1. The van der Waals surface area contributed by atoms with Gasteiger partial charge in [0, 0.05) is 30.6 Å². The Morgan fingerprint density at radius 3 is 2.12 bits per heavy atom. The fourth-order valence-electron chi connectivity index (χ4n) is 4.57. The first-order valence-electron chi connectivity index (χ1n) is 12.0. The maximum absolute atomic E-state index is 9.45. The fraction of sp³-hybridized carbons (Fsp3) is 0.379. The number of hydrogen-bond acceptors (Lipinski definition) is 5. The topological polar surface area (TPSA) is 68.0 Å². The van der Waals surface area contributed by atoms with Crippen molar-refractivity contribution in [3.05, 3.63) is 107 Å². The lowest BCUT2D eigenvalue weighted by atomic mass is 9.89. The first-order chi connectivity index (χ1) is 16.5. The number of rotatable bonds is 8. The molecule has 3 aromatic carbocycles. The van der Waals surface area contributed by atoms with Crippen LogP contribution in [0.3, 0.4) is 0 Å². The molecule has 5 atom stereocenters. The molecule has 5 heteroatoms. The smallest absolute Gasteiger partial charge is 0.184 e. The number of nitrogens with zero attached hydrogens (tertiary/aromatic N) is 1. The molecule has 1 saturated heterocycles. The highest BCUT2D eigenvalue weighted by Crippen LogP contribution is 2.42. The summed E-state index contributed by atoms with van der Waals surface area (Å²) >= 11 is 0. The molecule has 1 aliphatic rings. The van der Waals surface area contributed by atoms with E-state index in [1.54, 1.807) is 0 Å². The van der Waals surface area contributed by atoms with Crippen LogP contribution in [0.2, 0.25) is 0 Å². The second-order valence-electron chi connectivity index (χ2n) is 9.29. The number of aliphatic hydroxyl groups excluding tert-OH is 1. The highest BCUT2D eigenvalue weighted by atomic mass is 16.7. The molecule has 0 aliphatic carbocycles. The minimum absolute atomic E-state index is 0.0217. The Kier molecular flexibility index (Phi) is 8.14. The Labute approximate surface area is 203 Å². The number of likely N-dealkylation sites (N-methyl/N-ethyl adjacent to an activating group) is 1. The van der Waals surface area contributed by atoms with Crippen LogP contribution < -0.4 is 5.73 Å². The van der Waals surface area contributed by atoms with Crippen molar-refractivity contribution in [3.8, 4) is 0 Å². The molecule has 3 N–H and O–H groups in total. The van der Waals surface area contributed by atoms with Gasteiger partial charge in [-0.2, -0.15) is 0 Å². The molecule has 0 radical (unpaired) electrons. The summed E-state index contributed by atoms with van der Waals surface area (Å²) in [5.74, 6) is 0.143. The molecule has 34 heavy (non-hydrogen) atoms. The van der Waals surface area contributed by atoms with Crippen LogP contribution in [0.4, 0.5) is 0 Å². The lowest BCUT2D eigenvalue weighted by molar-refractivity contribution is -0.276. The fourth-order valence-corrected chi connectivity index (χ4v) is 4.57. The molecule has 3 aromatic rings. The predicted molar refractivity (Wildman–Crippen MR) is 135 cm³/mol. The van der Waals surface area contributed by atoms with Gasteiger partial charge in [0.2, 0.25) is 0 Å². The molecule has 1 heterocycles. The number of hydrogen-bond donors (Lipinski definition) is 2. The molecule has 0 aromatic heterocycles. The van der Waals surface area contributed by atoms with Crippen molar-refractivity contribution in [2.45, 2.75) is 51.5 Å². The van der Waals surface area contributed by atoms with Gasteiger partial charge < -0.3 is 20.3 Å². The van der Waals surface area contributed by atoms with Crippen LogP contribution in [-0.4, -0.2) is 29.7 Å². The number of nitrogens with two attached hydrogens (primary N) is 1. The van der Waals surface area contributed by atoms with Crippen LogP contribution in [0.25, 0.3) is 0 Å². The van der Waals surface area contributed by atoms with E-state index in [1.807, 2.05) is 42.5 Å². The molecule has 4 rings (SSSR count). The van der Waals surface area contributed by atoms with Gasteiger partial charge in [0.25, 0.3) is 0 Å². The minimum Gasteiger partial charge on any atom is -0.392 e. The second kappa shape index (κ2) is 11.3. The summed E-state index contributed by atoms with van der Waals surface area (Å²) in [5, 5.41) is 9.45. The SMILES string of the molecule is C[C@H]1[C@@H](CN(C)[C@@H](C)c2ccccc2)O[C@@H](c2ccc(CN)cc2)O[C@H]1c1ccc(CO)cc1. The number of aliphatic hydroxyl groups is 1. The zero-order valence-electron chi connectivity index (χ0n) is 20.3. The Morgan fingerprint density at radius 1 is 0.882 bits per heavy atom. The lowest BCUT2D eigenvalue weighted by Gasteiger charge is -2.43. The zero-order chi connectivity index (χ0) is 24.1. The standard InChI is InChI=1S/C29H36N2O3/c1-20-27(18-31(3)21(2)24-7-5-4-6-8-24)33-29(26-15-9-22(17-30)10-16-26)34-28(20)25-13-11-23(19-32)12-14-25/h4-16,20-21,27-29,32H,17-19,30H2,1-3H3/t20-,21-,27+,28+,29+/m0/s1. The number of ether oxygens (including phenoxy) is 2. The lowest BCUT2D eigenvalue weighted by Crippen LogP contribution is -2.44. The highest BCUT2D eigenvalue weighted by molar-refractivity contribution is 5.27. The maximum atomic E-state index is 9.45. The van der Waals surface area contributed by atoms with Crippen molar-refractivity contribution in [1.82, 2.24) is 4.90 Å². The van der Waals surface area contributed by atoms with E-state index in [0.29, 0.717) is 6.54 Å². The molecule has 1 aliphatic heterocycles. The average molecular weight is 461 g/mol. The van der Waals surface area contributed by atoms with E-state index in [1.165, 1.54) is 5.56 Å². The van der Waals surface area contributed by atoms with Crippen molar-refractivity contribution in [3.63, 3.8) is 0 Å². The first kappa shape index (κ1) is 24.6. The van der Waals surface area contributed by atoms with Gasteiger partial charge in [-0.25, -0.2) is 0 Å². The van der Waals surface area contributed by atoms with Gasteiger partial charge in [-0.1, -0.05) is 85.8 Å². The van der Waals surface area contributed by atoms with E-state index in [4.69, 9.17) is 15.2 Å². The largest absolute Gasteiger partial charge is 0.392 e. The molecular weight excluding hydrogens is 424 g/mol. The molecule has 0 saturated carbocycles. The van der Waals surface area contributed by atoms with Crippen molar-refractivity contribution < 1.29 is 14.6 Å². The van der Waals surface area contributed by atoms with Gasteiger partial charge in [0.05, 0.1) is 18.8 Å². The third-order valence-electron chi connectivity index (χ3n) is 7.02. The summed E-state index contributed by atoms with van der Waals surface area (Å²) in [6.07, 6.45) is -0.603. The summed E-state index contributed by atoms with van der Waals surface area (Å²) in [4.78, 5) is 2.35. The van der Waals surface area contributed by atoms with Gasteiger partial charge in [-0.3, -0.25) is 4.90 Å². The van der Waals surface area contributed by atoms with Crippen LogP contribution in [0.1, 0.15) is 60.1 Å². The molecule has 180 valence electrons. The maximum Gasteiger partial charge on any atom is 0.184 e. The van der Waals surface area contributed by atoms with Gasteiger partial charge in [0.1, 0.15) is 0 Å². The van der Waals surface area contributed by atoms with E-state index >= 15 is 0 Å². The second-order valence-corrected chi connectivity index (χ2v) is 9.29. The van der Waals surface area contributed by atoms with Crippen LogP contribution >= 0.6 is 0 Å². The van der Waals surface area contributed by atoms with E-state index in [0.717, 1.165) is 28.8 Å². The van der Waals surface area contributed by atoms with Gasteiger partial charge in [-0.05, 0) is 36.2 Å². The molecule has 5 nitrogen and oxygen atoms in total. The molecule has 0 amide bonds. The van der Waals surface area contributed by atoms with Crippen molar-refractivity contribution in [2.24, 2.45) is 11.7 Å². The third kappa shape index (κ3) is 5.57. The summed E-state index contributed by atoms with van der Waals surface area (Å²) in [6.45, 7) is 5.75. The van der Waals surface area contributed by atoms with Gasteiger partial charge in [-0.15, -0.1) is 0 Å². The van der Waals surface area contributed by atoms with Crippen LogP contribution in [0.5, 0.6) is 0 Å². The quantitative estimate of drug-likeness (QED) is 0.488.